The molecule has 1 aliphatic heterocycles. The minimum atomic E-state index is -1.01. The Balaban J connectivity index is 2.31. The molecule has 1 saturated heterocycles. The van der Waals surface area contributed by atoms with Gasteiger partial charge in [-0.05, 0) is 32.6 Å². The van der Waals surface area contributed by atoms with E-state index in [1.807, 2.05) is 0 Å². The van der Waals surface area contributed by atoms with E-state index >= 15 is 0 Å². The maximum atomic E-state index is 12.5. The van der Waals surface area contributed by atoms with Gasteiger partial charge in [0.25, 0.3) is 0 Å². The number of carboxylic acids is 1. The number of nitrogens with zero attached hydrogens (tertiary/aromatic N) is 2. The van der Waals surface area contributed by atoms with Gasteiger partial charge in [-0.3, -0.25) is 29.6 Å². The molecule has 1 fully saturated rings. The number of rotatable bonds is 12. The molecule has 3 atom stereocenters. The Morgan fingerprint density at radius 3 is 2.55 bits per heavy atom. The van der Waals surface area contributed by atoms with E-state index in [4.69, 9.17) is 10.4 Å². The van der Waals surface area contributed by atoms with Crippen molar-refractivity contribution in [3.63, 3.8) is 0 Å². The molecule has 166 valence electrons. The molecule has 29 heavy (non-hydrogen) atoms. The zero-order valence-corrected chi connectivity index (χ0v) is 17.4. The molecule has 0 aromatic carbocycles. The van der Waals surface area contributed by atoms with Crippen molar-refractivity contribution in [2.75, 3.05) is 18.9 Å². The van der Waals surface area contributed by atoms with Crippen LogP contribution in [-0.4, -0.2) is 79.7 Å². The molecule has 2 amide bonds. The number of carbonyl (C=O) groups excluding carboxylic acids is 3. The first-order chi connectivity index (χ1) is 13.6. The zero-order valence-electron chi connectivity index (χ0n) is 16.6. The fourth-order valence-electron chi connectivity index (χ4n) is 2.88. The SMILES string of the molecule is CC(CSC(=O)C(C)NC(=O)CCCCON(O)O)C(=O)N1CCC[C@H]1C(=O)O. The molecule has 2 unspecified atom stereocenters. The molecule has 1 rings (SSSR count). The van der Waals surface area contributed by atoms with Crippen LogP contribution in [0.4, 0.5) is 0 Å². The predicted octanol–water partition coefficient (Wildman–Crippen LogP) is 0.645. The van der Waals surface area contributed by atoms with Gasteiger partial charge in [0.05, 0.1) is 18.0 Å². The van der Waals surface area contributed by atoms with Crippen LogP contribution >= 0.6 is 11.8 Å². The lowest BCUT2D eigenvalue weighted by Gasteiger charge is -2.24. The Hall–Kier alpha value is -1.73. The van der Waals surface area contributed by atoms with Gasteiger partial charge in [-0.25, -0.2) is 4.79 Å². The number of aliphatic carboxylic acids is 1. The lowest BCUT2D eigenvalue weighted by Crippen LogP contribution is -2.43. The monoisotopic (exact) mass is 435 g/mol. The Morgan fingerprint density at radius 1 is 1.24 bits per heavy atom. The fraction of sp³-hybridized carbons (Fsp3) is 0.765. The van der Waals surface area contributed by atoms with Crippen molar-refractivity contribution in [3.05, 3.63) is 0 Å². The Labute approximate surface area is 173 Å². The average Bonchev–Trinajstić information content (AvgIpc) is 3.14. The number of carboxylic acid groups (broad SMARTS) is 1. The third-order valence-electron chi connectivity index (χ3n) is 4.45. The predicted molar refractivity (Wildman–Crippen MR) is 102 cm³/mol. The highest BCUT2D eigenvalue weighted by Gasteiger charge is 2.36. The lowest BCUT2D eigenvalue weighted by atomic mass is 10.1. The number of amides is 2. The van der Waals surface area contributed by atoms with E-state index in [0.717, 1.165) is 11.8 Å². The van der Waals surface area contributed by atoms with Gasteiger partial charge >= 0.3 is 5.97 Å². The molecule has 0 aromatic rings. The third kappa shape index (κ3) is 9.09. The highest BCUT2D eigenvalue weighted by atomic mass is 32.2. The molecule has 11 nitrogen and oxygen atoms in total. The van der Waals surface area contributed by atoms with Crippen LogP contribution in [0, 0.1) is 5.92 Å². The lowest BCUT2D eigenvalue weighted by molar-refractivity contribution is -0.492. The van der Waals surface area contributed by atoms with Crippen molar-refractivity contribution in [1.29, 1.82) is 0 Å². The number of hydrogen-bond acceptors (Lipinski definition) is 9. The molecule has 0 saturated carbocycles. The molecule has 0 aromatic heterocycles. The van der Waals surface area contributed by atoms with Crippen molar-refractivity contribution in [1.82, 2.24) is 15.6 Å². The molecule has 0 aliphatic carbocycles. The highest BCUT2D eigenvalue weighted by molar-refractivity contribution is 8.13. The summed E-state index contributed by atoms with van der Waals surface area (Å²) in [5, 5.41) is 27.8. The summed E-state index contributed by atoms with van der Waals surface area (Å²) in [5.41, 5.74) is 0. The van der Waals surface area contributed by atoms with E-state index in [2.05, 4.69) is 10.2 Å². The van der Waals surface area contributed by atoms with Crippen LogP contribution in [-0.2, 0) is 24.0 Å². The number of hydrogen-bond donors (Lipinski definition) is 4. The summed E-state index contributed by atoms with van der Waals surface area (Å²) in [4.78, 5) is 53.4. The first kappa shape index (κ1) is 25.3. The molecule has 0 radical (unpaired) electrons. The number of thioether (sulfide) groups is 1. The van der Waals surface area contributed by atoms with E-state index in [9.17, 15) is 24.3 Å². The van der Waals surface area contributed by atoms with Crippen LogP contribution in [0.15, 0.2) is 0 Å². The fourth-order valence-corrected chi connectivity index (χ4v) is 3.75. The van der Waals surface area contributed by atoms with Crippen LogP contribution < -0.4 is 5.32 Å². The second-order valence-electron chi connectivity index (χ2n) is 6.89. The molecule has 0 bridgehead atoms. The number of carbonyl (C=O) groups is 4. The van der Waals surface area contributed by atoms with Gasteiger partial charge in [0.15, 0.2) is 0 Å². The van der Waals surface area contributed by atoms with Crippen LogP contribution in [0.2, 0.25) is 0 Å². The maximum Gasteiger partial charge on any atom is 0.326 e. The van der Waals surface area contributed by atoms with Crippen molar-refractivity contribution in [2.45, 2.75) is 58.0 Å². The average molecular weight is 435 g/mol. The second-order valence-corrected chi connectivity index (χ2v) is 7.92. The van der Waals surface area contributed by atoms with E-state index in [-0.39, 0.29) is 35.7 Å². The van der Waals surface area contributed by atoms with E-state index in [0.29, 0.717) is 32.2 Å². The summed E-state index contributed by atoms with van der Waals surface area (Å²) in [6.45, 7) is 3.66. The second kappa shape index (κ2) is 12.8. The maximum absolute atomic E-state index is 12.5. The Bertz CT molecular complexity index is 589. The Morgan fingerprint density at radius 2 is 1.93 bits per heavy atom. The van der Waals surface area contributed by atoms with Gasteiger partial charge < -0.3 is 15.3 Å². The van der Waals surface area contributed by atoms with Crippen molar-refractivity contribution < 1.29 is 39.5 Å². The molecule has 4 N–H and O–H groups in total. The van der Waals surface area contributed by atoms with Crippen molar-refractivity contribution in [2.24, 2.45) is 5.92 Å². The minimum absolute atomic E-state index is 0.0380. The van der Waals surface area contributed by atoms with Gasteiger partial charge in [-0.2, -0.15) is 0 Å². The Kier molecular flexibility index (Phi) is 11.1. The van der Waals surface area contributed by atoms with Crippen LogP contribution in [0.25, 0.3) is 0 Å². The topological polar surface area (TPSA) is 157 Å². The van der Waals surface area contributed by atoms with Gasteiger partial charge in [-0.15, -0.1) is 0 Å². The summed E-state index contributed by atoms with van der Waals surface area (Å²) in [5.74, 6) is -1.92. The smallest absolute Gasteiger partial charge is 0.326 e. The van der Waals surface area contributed by atoms with Crippen molar-refractivity contribution >= 4 is 34.7 Å². The quantitative estimate of drug-likeness (QED) is 0.253. The largest absolute Gasteiger partial charge is 0.480 e. The minimum Gasteiger partial charge on any atom is -0.480 e. The normalized spacial score (nSPS) is 18.5. The molecular formula is C17H29N3O8S. The molecule has 12 heteroatoms. The van der Waals surface area contributed by atoms with Gasteiger partial charge in [-0.1, -0.05) is 18.7 Å². The molecule has 0 spiro atoms. The van der Waals surface area contributed by atoms with Gasteiger partial charge in [0.2, 0.25) is 16.9 Å². The summed E-state index contributed by atoms with van der Waals surface area (Å²) in [7, 11) is 0. The van der Waals surface area contributed by atoms with Gasteiger partial charge in [0, 0.05) is 24.6 Å². The molecule has 1 heterocycles. The molecular weight excluding hydrogens is 406 g/mol. The summed E-state index contributed by atoms with van der Waals surface area (Å²) in [6, 6.07) is -1.53. The first-order valence-electron chi connectivity index (χ1n) is 9.43. The number of unbranched alkanes of at least 4 members (excludes halogenated alkanes) is 1. The number of nitrogens with one attached hydrogen (secondary N) is 1. The first-order valence-corrected chi connectivity index (χ1v) is 10.4. The zero-order chi connectivity index (χ0) is 22.0. The third-order valence-corrected chi connectivity index (χ3v) is 5.76. The van der Waals surface area contributed by atoms with Crippen LogP contribution in [0.3, 0.4) is 0 Å². The van der Waals surface area contributed by atoms with E-state index < -0.39 is 29.4 Å². The van der Waals surface area contributed by atoms with E-state index in [1.165, 1.54) is 4.90 Å². The van der Waals surface area contributed by atoms with E-state index in [1.54, 1.807) is 13.8 Å². The highest BCUT2D eigenvalue weighted by Crippen LogP contribution is 2.22. The van der Waals surface area contributed by atoms with Crippen LogP contribution in [0.5, 0.6) is 0 Å². The molecule has 1 aliphatic rings. The summed E-state index contributed by atoms with van der Waals surface area (Å²) < 4.78 is 0. The van der Waals surface area contributed by atoms with Crippen molar-refractivity contribution in [3.8, 4) is 0 Å². The van der Waals surface area contributed by atoms with Gasteiger partial charge in [0.1, 0.15) is 6.04 Å². The standard InChI is InChI=1S/C17H29N3O8S/c1-11(15(22)19-8-5-6-13(19)16(23)24)10-29-17(25)12(2)18-14(21)7-3-4-9-28-20(26)27/h11-13,26-27H,3-10H2,1-2H3,(H,18,21)(H,23,24)/t11?,12?,13-/m0/s1. The number of likely N-dealkylation sites (tertiary alicyclic amines) is 1. The summed E-state index contributed by atoms with van der Waals surface area (Å²) >= 11 is 0.937. The van der Waals surface area contributed by atoms with Crippen LogP contribution in [0.1, 0.15) is 46.0 Å². The summed E-state index contributed by atoms with van der Waals surface area (Å²) in [6.07, 6.45) is 2.11.